The van der Waals surface area contributed by atoms with Gasteiger partial charge in [-0.2, -0.15) is 4.37 Å². The Morgan fingerprint density at radius 2 is 2.25 bits per heavy atom. The first kappa shape index (κ1) is 9.78. The van der Waals surface area contributed by atoms with Crippen LogP contribution in [0.15, 0.2) is 30.6 Å². The zero-order chi connectivity index (χ0) is 10.8. The zero-order valence-corrected chi connectivity index (χ0v) is 9.70. The van der Waals surface area contributed by atoms with Gasteiger partial charge in [0.05, 0.1) is 6.04 Å². The van der Waals surface area contributed by atoms with E-state index in [9.17, 15) is 0 Å². The summed E-state index contributed by atoms with van der Waals surface area (Å²) in [4.78, 5) is 4.18. The van der Waals surface area contributed by atoms with Gasteiger partial charge < -0.3 is 5.32 Å². The molecule has 1 atom stereocenters. The number of hydrogen-bond donors (Lipinski definition) is 1. The van der Waals surface area contributed by atoms with Gasteiger partial charge in [0.2, 0.25) is 5.13 Å². The lowest BCUT2D eigenvalue weighted by Gasteiger charge is -2.25. The summed E-state index contributed by atoms with van der Waals surface area (Å²) in [5.41, 5.74) is 2.89. The molecule has 16 heavy (non-hydrogen) atoms. The molecule has 1 N–H and O–H groups in total. The highest BCUT2D eigenvalue weighted by molar-refractivity contribution is 7.09. The van der Waals surface area contributed by atoms with Crippen LogP contribution in [0.4, 0.5) is 5.13 Å². The molecule has 0 saturated carbocycles. The number of rotatable bonds is 2. The first-order valence-electron chi connectivity index (χ1n) is 5.54. The van der Waals surface area contributed by atoms with E-state index in [1.165, 1.54) is 41.9 Å². The van der Waals surface area contributed by atoms with Gasteiger partial charge in [0, 0.05) is 11.5 Å². The number of nitrogens with one attached hydrogen (secondary N) is 1. The summed E-state index contributed by atoms with van der Waals surface area (Å²) < 4.78 is 4.01. The fourth-order valence-corrected chi connectivity index (χ4v) is 2.77. The smallest absolute Gasteiger partial charge is 0.202 e. The highest BCUT2D eigenvalue weighted by Gasteiger charge is 2.19. The Bertz CT molecular complexity index is 467. The molecule has 3 nitrogen and oxygen atoms in total. The van der Waals surface area contributed by atoms with Crippen molar-refractivity contribution in [2.24, 2.45) is 0 Å². The molecule has 0 spiro atoms. The lowest BCUT2D eigenvalue weighted by molar-refractivity contribution is 0.600. The van der Waals surface area contributed by atoms with Crippen LogP contribution in [-0.2, 0) is 6.42 Å². The third kappa shape index (κ3) is 1.80. The Balaban J connectivity index is 1.87. The van der Waals surface area contributed by atoms with E-state index in [-0.39, 0.29) is 0 Å². The van der Waals surface area contributed by atoms with Crippen molar-refractivity contribution in [3.8, 4) is 0 Å². The van der Waals surface area contributed by atoms with Gasteiger partial charge in [-0.25, -0.2) is 4.98 Å². The number of aromatic nitrogens is 2. The zero-order valence-electron chi connectivity index (χ0n) is 8.89. The van der Waals surface area contributed by atoms with Crippen LogP contribution in [0.1, 0.15) is 30.0 Å². The Morgan fingerprint density at radius 3 is 3.12 bits per heavy atom. The molecule has 1 aliphatic carbocycles. The first-order valence-corrected chi connectivity index (χ1v) is 6.32. The van der Waals surface area contributed by atoms with Crippen LogP contribution in [0, 0.1) is 0 Å². The largest absolute Gasteiger partial charge is 0.353 e. The molecule has 1 unspecified atom stereocenters. The van der Waals surface area contributed by atoms with E-state index in [1.807, 2.05) is 0 Å². The molecule has 3 rings (SSSR count). The number of hydrogen-bond acceptors (Lipinski definition) is 4. The van der Waals surface area contributed by atoms with Crippen molar-refractivity contribution in [2.45, 2.75) is 25.3 Å². The first-order chi connectivity index (χ1) is 7.93. The minimum absolute atomic E-state index is 0.401. The second-order valence-corrected chi connectivity index (χ2v) is 4.81. The van der Waals surface area contributed by atoms with Crippen LogP contribution in [0.25, 0.3) is 0 Å². The highest BCUT2D eigenvalue weighted by Crippen LogP contribution is 2.32. The molecule has 4 heteroatoms. The summed E-state index contributed by atoms with van der Waals surface area (Å²) in [5.74, 6) is 0. The summed E-state index contributed by atoms with van der Waals surface area (Å²) in [6, 6.07) is 9.07. The van der Waals surface area contributed by atoms with E-state index in [0.29, 0.717) is 6.04 Å². The summed E-state index contributed by atoms with van der Waals surface area (Å²) >= 11 is 1.42. The summed E-state index contributed by atoms with van der Waals surface area (Å²) in [5, 5.41) is 4.38. The third-order valence-corrected chi connectivity index (χ3v) is 3.62. The van der Waals surface area contributed by atoms with Crippen LogP contribution < -0.4 is 5.32 Å². The van der Waals surface area contributed by atoms with Crippen LogP contribution in [0.3, 0.4) is 0 Å². The molecule has 1 aliphatic rings. The van der Waals surface area contributed by atoms with E-state index in [4.69, 9.17) is 0 Å². The van der Waals surface area contributed by atoms with Gasteiger partial charge in [-0.05, 0) is 30.4 Å². The molecule has 1 aromatic carbocycles. The van der Waals surface area contributed by atoms with Gasteiger partial charge in [-0.15, -0.1) is 0 Å². The summed E-state index contributed by atoms with van der Waals surface area (Å²) in [6.45, 7) is 0. The molecule has 2 aromatic rings. The number of benzene rings is 1. The molecule has 0 bridgehead atoms. The number of aryl methyl sites for hydroxylation is 1. The maximum absolute atomic E-state index is 4.18. The van der Waals surface area contributed by atoms with Crippen molar-refractivity contribution in [1.29, 1.82) is 0 Å². The minimum atomic E-state index is 0.401. The average molecular weight is 231 g/mol. The molecule has 82 valence electrons. The van der Waals surface area contributed by atoms with Crippen LogP contribution in [-0.4, -0.2) is 9.36 Å². The number of nitrogens with zero attached hydrogens (tertiary/aromatic N) is 2. The summed E-state index contributed by atoms with van der Waals surface area (Å²) in [6.07, 6.45) is 5.22. The molecule has 1 aromatic heterocycles. The van der Waals surface area contributed by atoms with Gasteiger partial charge in [-0.1, -0.05) is 24.3 Å². The molecule has 0 radical (unpaired) electrons. The van der Waals surface area contributed by atoms with Gasteiger partial charge >= 0.3 is 0 Å². The van der Waals surface area contributed by atoms with Crippen LogP contribution in [0.5, 0.6) is 0 Å². The van der Waals surface area contributed by atoms with Crippen molar-refractivity contribution < 1.29 is 0 Å². The topological polar surface area (TPSA) is 37.8 Å². The Morgan fingerprint density at radius 1 is 1.31 bits per heavy atom. The lowest BCUT2D eigenvalue weighted by atomic mass is 9.88. The molecular formula is C12H13N3S. The number of anilines is 1. The number of fused-ring (bicyclic) bond motifs is 1. The highest BCUT2D eigenvalue weighted by atomic mass is 32.1. The monoisotopic (exact) mass is 231 g/mol. The standard InChI is InChI=1S/C12H13N3S/c1-2-6-10-9(4-1)5-3-7-11(10)15-12-13-8-14-16-12/h1-2,4,6,8,11H,3,5,7H2,(H,13,14,15). The predicted octanol–water partition coefficient (Wildman–Crippen LogP) is 3.03. The molecule has 0 fully saturated rings. The van der Waals surface area contributed by atoms with Crippen molar-refractivity contribution in [2.75, 3.05) is 5.32 Å². The van der Waals surface area contributed by atoms with Gasteiger partial charge in [0.25, 0.3) is 0 Å². The fourth-order valence-electron chi connectivity index (χ4n) is 2.29. The maximum Gasteiger partial charge on any atom is 0.202 e. The van der Waals surface area contributed by atoms with Crippen molar-refractivity contribution in [1.82, 2.24) is 9.36 Å². The van der Waals surface area contributed by atoms with Crippen molar-refractivity contribution >= 4 is 16.7 Å². The molecule has 1 heterocycles. The van der Waals surface area contributed by atoms with E-state index in [0.717, 1.165) is 5.13 Å². The third-order valence-electron chi connectivity index (χ3n) is 3.03. The van der Waals surface area contributed by atoms with Gasteiger partial charge in [-0.3, -0.25) is 0 Å². The maximum atomic E-state index is 4.18. The predicted molar refractivity (Wildman–Crippen MR) is 65.7 cm³/mol. The summed E-state index contributed by atoms with van der Waals surface area (Å²) in [7, 11) is 0. The van der Waals surface area contributed by atoms with E-state index in [2.05, 4.69) is 38.9 Å². The fraction of sp³-hybridized carbons (Fsp3) is 0.333. The normalized spacial score (nSPS) is 19.1. The van der Waals surface area contributed by atoms with E-state index < -0.39 is 0 Å². The van der Waals surface area contributed by atoms with Crippen LogP contribution >= 0.6 is 11.5 Å². The average Bonchev–Trinajstić information content (AvgIpc) is 2.82. The van der Waals surface area contributed by atoms with Gasteiger partial charge in [0.15, 0.2) is 0 Å². The van der Waals surface area contributed by atoms with Gasteiger partial charge in [0.1, 0.15) is 6.33 Å². The second-order valence-electron chi connectivity index (χ2n) is 4.03. The Labute approximate surface area is 98.7 Å². The quantitative estimate of drug-likeness (QED) is 0.863. The molecule has 0 amide bonds. The second kappa shape index (κ2) is 4.22. The van der Waals surface area contributed by atoms with Crippen LogP contribution in [0.2, 0.25) is 0 Å². The lowest BCUT2D eigenvalue weighted by Crippen LogP contribution is -2.17. The molecular weight excluding hydrogens is 218 g/mol. The van der Waals surface area contributed by atoms with E-state index >= 15 is 0 Å². The molecule has 0 aliphatic heterocycles. The Kier molecular flexibility index (Phi) is 2.58. The Hall–Kier alpha value is -1.42. The molecule has 0 saturated heterocycles. The van der Waals surface area contributed by atoms with Crippen molar-refractivity contribution in [3.05, 3.63) is 41.7 Å². The van der Waals surface area contributed by atoms with Crippen molar-refractivity contribution in [3.63, 3.8) is 0 Å². The minimum Gasteiger partial charge on any atom is -0.353 e. The SMILES string of the molecule is c1ccc2c(c1)CCCC2Nc1ncns1. The van der Waals surface area contributed by atoms with E-state index in [1.54, 1.807) is 6.33 Å².